The topological polar surface area (TPSA) is 52.6 Å². The number of rotatable bonds is 3. The minimum atomic E-state index is -0.399. The van der Waals surface area contributed by atoms with Crippen LogP contribution in [-0.2, 0) is 4.79 Å². The lowest BCUT2D eigenvalue weighted by molar-refractivity contribution is -0.135. The van der Waals surface area contributed by atoms with Gasteiger partial charge in [0.25, 0.3) is 0 Å². The molecule has 0 aliphatic carbocycles. The van der Waals surface area contributed by atoms with E-state index in [1.54, 1.807) is 4.90 Å². The van der Waals surface area contributed by atoms with Crippen molar-refractivity contribution in [1.82, 2.24) is 4.90 Å². The van der Waals surface area contributed by atoms with E-state index in [1.165, 1.54) is 0 Å². The molecule has 0 unspecified atom stereocenters. The first-order valence-electron chi connectivity index (χ1n) is 6.10. The van der Waals surface area contributed by atoms with Crippen LogP contribution in [0.5, 0.6) is 0 Å². The first kappa shape index (κ1) is 13.4. The Morgan fingerprint density at radius 1 is 1.56 bits per heavy atom. The first-order chi connectivity index (χ1) is 8.69. The average molecular weight is 313 g/mol. The van der Waals surface area contributed by atoms with Crippen LogP contribution in [0.3, 0.4) is 0 Å². The molecule has 1 amide bonds. The van der Waals surface area contributed by atoms with E-state index in [0.29, 0.717) is 6.54 Å². The molecule has 0 spiro atoms. The Morgan fingerprint density at radius 3 is 3.11 bits per heavy atom. The summed E-state index contributed by atoms with van der Waals surface area (Å²) in [5.74, 6) is -0.184. The summed E-state index contributed by atoms with van der Waals surface area (Å²) in [6.45, 7) is 1.01. The molecule has 1 aliphatic rings. The van der Waals surface area contributed by atoms with Crippen molar-refractivity contribution in [2.24, 2.45) is 0 Å². The van der Waals surface area contributed by atoms with Gasteiger partial charge in [-0.1, -0.05) is 22.0 Å². The molecular weight excluding hydrogens is 296 g/mol. The van der Waals surface area contributed by atoms with Gasteiger partial charge in [0, 0.05) is 29.3 Å². The lowest BCUT2D eigenvalue weighted by Crippen LogP contribution is -2.46. The number of likely N-dealkylation sites (tertiary alicyclic amines) is 1. The Morgan fingerprint density at radius 2 is 2.39 bits per heavy atom. The maximum absolute atomic E-state index is 11.5. The van der Waals surface area contributed by atoms with Crippen molar-refractivity contribution in [3.8, 4) is 0 Å². The average Bonchev–Trinajstić information content (AvgIpc) is 2.38. The fraction of sp³-hybridized carbons (Fsp3) is 0.462. The predicted molar refractivity (Wildman–Crippen MR) is 74.5 cm³/mol. The Hall–Kier alpha value is -1.07. The summed E-state index contributed by atoms with van der Waals surface area (Å²) >= 11 is 3.44. The predicted octanol–water partition coefficient (Wildman–Crippen LogP) is 1.84. The van der Waals surface area contributed by atoms with Crippen LogP contribution in [0.4, 0.5) is 5.69 Å². The number of nitrogens with zero attached hydrogens (tertiary/aromatic N) is 1. The number of anilines is 1. The van der Waals surface area contributed by atoms with Gasteiger partial charge in [-0.15, -0.1) is 0 Å². The standard InChI is InChI=1S/C13H17BrN2O2/c14-10-3-1-4-11(7-10)15-12-5-2-6-16(8-12)13(18)9-17/h1,3-4,7,12,15,17H,2,5-6,8-9H2/t12-/m0/s1. The third kappa shape index (κ3) is 3.46. The zero-order valence-electron chi connectivity index (χ0n) is 10.1. The van der Waals surface area contributed by atoms with Gasteiger partial charge in [-0.05, 0) is 31.0 Å². The van der Waals surface area contributed by atoms with E-state index < -0.39 is 6.61 Å². The van der Waals surface area contributed by atoms with E-state index in [-0.39, 0.29) is 11.9 Å². The van der Waals surface area contributed by atoms with Gasteiger partial charge in [0.15, 0.2) is 0 Å². The fourth-order valence-corrected chi connectivity index (χ4v) is 2.63. The highest BCUT2D eigenvalue weighted by Crippen LogP contribution is 2.19. The van der Waals surface area contributed by atoms with Crippen LogP contribution in [0, 0.1) is 0 Å². The summed E-state index contributed by atoms with van der Waals surface area (Å²) in [5, 5.41) is 12.3. The van der Waals surface area contributed by atoms with Gasteiger partial charge < -0.3 is 15.3 Å². The molecule has 1 atom stereocenters. The van der Waals surface area contributed by atoms with Crippen LogP contribution in [0.25, 0.3) is 0 Å². The van der Waals surface area contributed by atoms with Gasteiger partial charge in [-0.2, -0.15) is 0 Å². The number of halogens is 1. The van der Waals surface area contributed by atoms with Gasteiger partial charge in [0.1, 0.15) is 6.61 Å². The number of aliphatic hydroxyl groups excluding tert-OH is 1. The zero-order valence-corrected chi connectivity index (χ0v) is 11.7. The number of nitrogens with one attached hydrogen (secondary N) is 1. The molecular formula is C13H17BrN2O2. The number of hydrogen-bond acceptors (Lipinski definition) is 3. The molecule has 0 radical (unpaired) electrons. The molecule has 0 aromatic heterocycles. The second-order valence-corrected chi connectivity index (χ2v) is 5.41. The smallest absolute Gasteiger partial charge is 0.248 e. The molecule has 1 aromatic rings. The highest BCUT2D eigenvalue weighted by molar-refractivity contribution is 9.10. The highest BCUT2D eigenvalue weighted by atomic mass is 79.9. The molecule has 98 valence electrons. The molecule has 5 heteroatoms. The molecule has 2 N–H and O–H groups in total. The lowest BCUT2D eigenvalue weighted by Gasteiger charge is -2.33. The third-order valence-corrected chi connectivity index (χ3v) is 3.60. The van der Waals surface area contributed by atoms with Gasteiger partial charge in [-0.3, -0.25) is 4.79 Å². The largest absolute Gasteiger partial charge is 0.387 e. The van der Waals surface area contributed by atoms with E-state index in [1.807, 2.05) is 24.3 Å². The van der Waals surface area contributed by atoms with Crippen molar-refractivity contribution in [2.45, 2.75) is 18.9 Å². The number of piperidine rings is 1. The molecule has 1 aliphatic heterocycles. The van der Waals surface area contributed by atoms with Crippen LogP contribution in [0.15, 0.2) is 28.7 Å². The number of benzene rings is 1. The van der Waals surface area contributed by atoms with E-state index in [0.717, 1.165) is 29.5 Å². The normalized spacial score (nSPS) is 19.7. The van der Waals surface area contributed by atoms with Crippen LogP contribution < -0.4 is 5.32 Å². The van der Waals surface area contributed by atoms with Crippen molar-refractivity contribution >= 4 is 27.5 Å². The molecule has 0 saturated carbocycles. The Bertz CT molecular complexity index is 425. The summed E-state index contributed by atoms with van der Waals surface area (Å²) < 4.78 is 1.03. The second-order valence-electron chi connectivity index (χ2n) is 4.49. The van der Waals surface area contributed by atoms with Gasteiger partial charge in [0.05, 0.1) is 0 Å². The van der Waals surface area contributed by atoms with E-state index in [9.17, 15) is 4.79 Å². The van der Waals surface area contributed by atoms with Gasteiger partial charge in [0.2, 0.25) is 5.91 Å². The highest BCUT2D eigenvalue weighted by Gasteiger charge is 2.22. The summed E-state index contributed by atoms with van der Waals surface area (Å²) in [6.07, 6.45) is 2.01. The van der Waals surface area contributed by atoms with Crippen molar-refractivity contribution in [1.29, 1.82) is 0 Å². The SMILES string of the molecule is O=C(CO)N1CCC[C@H](Nc2cccc(Br)c2)C1. The number of amides is 1. The molecule has 1 fully saturated rings. The Labute approximate surface area is 115 Å². The number of carbonyl (C=O) groups excluding carboxylic acids is 1. The minimum absolute atomic E-state index is 0.184. The Kier molecular flexibility index (Phi) is 4.60. The number of hydrogen-bond donors (Lipinski definition) is 2. The van der Waals surface area contributed by atoms with Gasteiger partial charge in [-0.25, -0.2) is 0 Å². The van der Waals surface area contributed by atoms with Crippen molar-refractivity contribution in [3.63, 3.8) is 0 Å². The van der Waals surface area contributed by atoms with Crippen molar-refractivity contribution in [2.75, 3.05) is 25.0 Å². The summed E-state index contributed by atoms with van der Waals surface area (Å²) in [5.41, 5.74) is 1.05. The fourth-order valence-electron chi connectivity index (χ4n) is 2.24. The Balaban J connectivity index is 1.95. The van der Waals surface area contributed by atoms with Crippen LogP contribution in [-0.4, -0.2) is 41.7 Å². The molecule has 1 heterocycles. The summed E-state index contributed by atoms with van der Waals surface area (Å²) in [7, 11) is 0. The number of aliphatic hydroxyl groups is 1. The molecule has 18 heavy (non-hydrogen) atoms. The van der Waals surface area contributed by atoms with Crippen molar-refractivity contribution < 1.29 is 9.90 Å². The van der Waals surface area contributed by atoms with Crippen LogP contribution in [0.2, 0.25) is 0 Å². The first-order valence-corrected chi connectivity index (χ1v) is 6.89. The van der Waals surface area contributed by atoms with E-state index in [2.05, 4.69) is 21.2 Å². The molecule has 2 rings (SSSR count). The second kappa shape index (κ2) is 6.20. The molecule has 1 saturated heterocycles. The minimum Gasteiger partial charge on any atom is -0.387 e. The quantitative estimate of drug-likeness (QED) is 0.895. The van der Waals surface area contributed by atoms with Crippen LogP contribution >= 0.6 is 15.9 Å². The van der Waals surface area contributed by atoms with E-state index in [4.69, 9.17) is 5.11 Å². The van der Waals surface area contributed by atoms with E-state index >= 15 is 0 Å². The zero-order chi connectivity index (χ0) is 13.0. The molecule has 1 aromatic carbocycles. The molecule has 4 nitrogen and oxygen atoms in total. The van der Waals surface area contributed by atoms with Crippen molar-refractivity contribution in [3.05, 3.63) is 28.7 Å². The third-order valence-electron chi connectivity index (χ3n) is 3.10. The lowest BCUT2D eigenvalue weighted by atomic mass is 10.1. The maximum atomic E-state index is 11.5. The maximum Gasteiger partial charge on any atom is 0.248 e. The van der Waals surface area contributed by atoms with Crippen LogP contribution in [0.1, 0.15) is 12.8 Å². The molecule has 0 bridgehead atoms. The summed E-state index contributed by atoms with van der Waals surface area (Å²) in [6, 6.07) is 8.24. The monoisotopic (exact) mass is 312 g/mol. The number of carbonyl (C=O) groups is 1. The summed E-state index contributed by atoms with van der Waals surface area (Å²) in [4.78, 5) is 13.2. The van der Waals surface area contributed by atoms with Gasteiger partial charge >= 0.3 is 0 Å².